The predicted octanol–water partition coefficient (Wildman–Crippen LogP) is 3.65. The molecule has 0 saturated heterocycles. The van der Waals surface area contributed by atoms with Gasteiger partial charge >= 0.3 is 0 Å². The lowest BCUT2D eigenvalue weighted by Gasteiger charge is -2.00. The largest absolute Gasteiger partial charge is 0.497 e. The van der Waals surface area contributed by atoms with Crippen molar-refractivity contribution >= 4 is 11.6 Å². The number of nitrogens with zero attached hydrogens (tertiary/aromatic N) is 1. The SMILES string of the molecule is COc1ccc(-c2cnc(C(C)Cl)o2)cc1. The second kappa shape index (κ2) is 4.58. The molecule has 0 radical (unpaired) electrons. The average molecular weight is 238 g/mol. The maximum absolute atomic E-state index is 5.88. The van der Waals surface area contributed by atoms with Crippen LogP contribution in [0.15, 0.2) is 34.9 Å². The summed E-state index contributed by atoms with van der Waals surface area (Å²) in [7, 11) is 1.64. The van der Waals surface area contributed by atoms with E-state index >= 15 is 0 Å². The van der Waals surface area contributed by atoms with Gasteiger partial charge in [-0.3, -0.25) is 0 Å². The van der Waals surface area contributed by atoms with E-state index in [9.17, 15) is 0 Å². The van der Waals surface area contributed by atoms with Crippen molar-refractivity contribution in [3.63, 3.8) is 0 Å². The molecule has 0 saturated carbocycles. The van der Waals surface area contributed by atoms with E-state index in [0.717, 1.165) is 11.3 Å². The van der Waals surface area contributed by atoms with Crippen LogP contribution in [0, 0.1) is 0 Å². The number of hydrogen-bond donors (Lipinski definition) is 0. The van der Waals surface area contributed by atoms with Gasteiger partial charge in [-0.2, -0.15) is 0 Å². The Balaban J connectivity index is 2.28. The molecule has 0 fully saturated rings. The third kappa shape index (κ3) is 2.19. The van der Waals surface area contributed by atoms with Gasteiger partial charge in [0.25, 0.3) is 0 Å². The predicted molar refractivity (Wildman–Crippen MR) is 62.8 cm³/mol. The van der Waals surface area contributed by atoms with Crippen LogP contribution in [0.5, 0.6) is 5.75 Å². The van der Waals surface area contributed by atoms with Crippen molar-refractivity contribution in [2.75, 3.05) is 7.11 Å². The van der Waals surface area contributed by atoms with Crippen LogP contribution < -0.4 is 4.74 Å². The van der Waals surface area contributed by atoms with Crippen molar-refractivity contribution in [1.82, 2.24) is 4.98 Å². The zero-order valence-corrected chi connectivity index (χ0v) is 9.86. The van der Waals surface area contributed by atoms with Crippen molar-refractivity contribution in [1.29, 1.82) is 0 Å². The van der Waals surface area contributed by atoms with E-state index in [1.165, 1.54) is 0 Å². The fourth-order valence-corrected chi connectivity index (χ4v) is 1.46. The number of hydrogen-bond acceptors (Lipinski definition) is 3. The van der Waals surface area contributed by atoms with Crippen LogP contribution in [0.2, 0.25) is 0 Å². The van der Waals surface area contributed by atoms with Crippen LogP contribution >= 0.6 is 11.6 Å². The Hall–Kier alpha value is -1.48. The molecule has 0 spiro atoms. The average Bonchev–Trinajstić information content (AvgIpc) is 2.78. The first kappa shape index (κ1) is 11.0. The van der Waals surface area contributed by atoms with Gasteiger partial charge in [-0.1, -0.05) is 0 Å². The molecule has 1 unspecified atom stereocenters. The Kier molecular flexibility index (Phi) is 3.15. The highest BCUT2D eigenvalue weighted by Crippen LogP contribution is 2.26. The Bertz CT molecular complexity index is 462. The summed E-state index contributed by atoms with van der Waals surface area (Å²) in [5.74, 6) is 2.06. The Morgan fingerprint density at radius 3 is 2.50 bits per heavy atom. The zero-order chi connectivity index (χ0) is 11.5. The fourth-order valence-electron chi connectivity index (χ4n) is 1.36. The molecule has 1 aromatic carbocycles. The quantitative estimate of drug-likeness (QED) is 0.765. The molecule has 0 aliphatic carbocycles. The van der Waals surface area contributed by atoms with Gasteiger partial charge in [0.05, 0.1) is 13.3 Å². The van der Waals surface area contributed by atoms with Crippen molar-refractivity contribution in [3.8, 4) is 17.1 Å². The molecular weight excluding hydrogens is 226 g/mol. The van der Waals surface area contributed by atoms with Crippen molar-refractivity contribution in [2.24, 2.45) is 0 Å². The lowest BCUT2D eigenvalue weighted by atomic mass is 10.2. The Morgan fingerprint density at radius 2 is 2.00 bits per heavy atom. The first-order valence-electron chi connectivity index (χ1n) is 4.95. The highest BCUT2D eigenvalue weighted by molar-refractivity contribution is 6.20. The van der Waals surface area contributed by atoms with E-state index in [1.54, 1.807) is 13.3 Å². The number of methoxy groups -OCH3 is 1. The zero-order valence-electron chi connectivity index (χ0n) is 9.11. The minimum Gasteiger partial charge on any atom is -0.497 e. The Morgan fingerprint density at radius 1 is 1.31 bits per heavy atom. The molecule has 2 aromatic rings. The summed E-state index contributed by atoms with van der Waals surface area (Å²) in [4.78, 5) is 4.10. The first-order valence-corrected chi connectivity index (χ1v) is 5.38. The summed E-state index contributed by atoms with van der Waals surface area (Å²) in [6.07, 6.45) is 1.68. The van der Waals surface area contributed by atoms with E-state index in [0.29, 0.717) is 11.7 Å². The fraction of sp³-hybridized carbons (Fsp3) is 0.250. The van der Waals surface area contributed by atoms with Crippen molar-refractivity contribution < 1.29 is 9.15 Å². The third-order valence-electron chi connectivity index (χ3n) is 2.24. The minimum atomic E-state index is -0.216. The smallest absolute Gasteiger partial charge is 0.212 e. The van der Waals surface area contributed by atoms with Crippen LogP contribution in [0.4, 0.5) is 0 Å². The number of alkyl halides is 1. The lowest BCUT2D eigenvalue weighted by Crippen LogP contribution is -1.82. The normalized spacial score (nSPS) is 12.4. The van der Waals surface area contributed by atoms with Gasteiger partial charge in [0.1, 0.15) is 11.1 Å². The molecule has 16 heavy (non-hydrogen) atoms. The van der Waals surface area contributed by atoms with Crippen LogP contribution in [-0.4, -0.2) is 12.1 Å². The van der Waals surface area contributed by atoms with Crippen LogP contribution in [0.25, 0.3) is 11.3 Å². The first-order chi connectivity index (χ1) is 7.70. The molecule has 0 amide bonds. The molecule has 1 aromatic heterocycles. The van der Waals surface area contributed by atoms with Gasteiger partial charge in [0, 0.05) is 5.56 Å². The van der Waals surface area contributed by atoms with Crippen LogP contribution in [-0.2, 0) is 0 Å². The standard InChI is InChI=1S/C12H12ClNO2/c1-8(13)12-14-7-11(16-12)9-3-5-10(15-2)6-4-9/h3-8H,1-2H3. The van der Waals surface area contributed by atoms with Gasteiger partial charge in [-0.25, -0.2) is 4.98 Å². The second-order valence-electron chi connectivity index (χ2n) is 3.41. The molecule has 0 aliphatic heterocycles. The highest BCUT2D eigenvalue weighted by Gasteiger charge is 2.10. The van der Waals surface area contributed by atoms with Gasteiger partial charge < -0.3 is 9.15 Å². The molecule has 84 valence electrons. The molecule has 0 N–H and O–H groups in total. The van der Waals surface area contributed by atoms with Gasteiger partial charge in [-0.05, 0) is 31.2 Å². The van der Waals surface area contributed by atoms with E-state index in [4.69, 9.17) is 20.8 Å². The Labute approximate surface area is 99.0 Å². The number of oxazole rings is 1. The lowest BCUT2D eigenvalue weighted by molar-refractivity contribution is 0.415. The minimum absolute atomic E-state index is 0.216. The highest BCUT2D eigenvalue weighted by atomic mass is 35.5. The van der Waals surface area contributed by atoms with Gasteiger partial charge in [-0.15, -0.1) is 11.6 Å². The van der Waals surface area contributed by atoms with Gasteiger partial charge in [0.15, 0.2) is 5.76 Å². The summed E-state index contributed by atoms with van der Waals surface area (Å²) in [6, 6.07) is 7.59. The maximum Gasteiger partial charge on any atom is 0.212 e. The summed E-state index contributed by atoms with van der Waals surface area (Å²) in [6.45, 7) is 1.82. The number of benzene rings is 1. The number of aromatic nitrogens is 1. The second-order valence-corrected chi connectivity index (χ2v) is 4.06. The molecular formula is C12H12ClNO2. The molecule has 0 bridgehead atoms. The van der Waals surface area contributed by atoms with Gasteiger partial charge in [0.2, 0.25) is 5.89 Å². The summed E-state index contributed by atoms with van der Waals surface area (Å²) >= 11 is 5.88. The number of rotatable bonds is 3. The summed E-state index contributed by atoms with van der Waals surface area (Å²) < 4.78 is 10.6. The summed E-state index contributed by atoms with van der Waals surface area (Å²) in [5.41, 5.74) is 0.955. The summed E-state index contributed by atoms with van der Waals surface area (Å²) in [5, 5.41) is -0.216. The van der Waals surface area contributed by atoms with Crippen LogP contribution in [0.1, 0.15) is 18.2 Å². The van der Waals surface area contributed by atoms with Crippen LogP contribution in [0.3, 0.4) is 0 Å². The molecule has 3 nitrogen and oxygen atoms in total. The van der Waals surface area contributed by atoms with E-state index in [2.05, 4.69) is 4.98 Å². The molecule has 2 rings (SSSR count). The molecule has 0 aliphatic rings. The van der Waals surface area contributed by atoms with E-state index in [-0.39, 0.29) is 5.38 Å². The third-order valence-corrected chi connectivity index (χ3v) is 2.43. The van der Waals surface area contributed by atoms with Crippen molar-refractivity contribution in [2.45, 2.75) is 12.3 Å². The topological polar surface area (TPSA) is 35.3 Å². The van der Waals surface area contributed by atoms with Crippen molar-refractivity contribution in [3.05, 3.63) is 36.4 Å². The maximum atomic E-state index is 5.88. The molecule has 1 atom stereocenters. The number of halogens is 1. The monoisotopic (exact) mass is 237 g/mol. The number of ether oxygens (including phenoxy) is 1. The molecule has 4 heteroatoms. The molecule has 1 heterocycles. The van der Waals surface area contributed by atoms with E-state index < -0.39 is 0 Å². The van der Waals surface area contributed by atoms with E-state index in [1.807, 2.05) is 31.2 Å².